The van der Waals surface area contributed by atoms with Crippen molar-refractivity contribution in [3.05, 3.63) is 51.3 Å². The van der Waals surface area contributed by atoms with E-state index in [1.54, 1.807) is 31.4 Å². The first-order valence-electron chi connectivity index (χ1n) is 4.92. The Balaban J connectivity index is 2.31. The maximum atomic E-state index is 11.4. The molecule has 0 spiro atoms. The molecule has 0 atom stereocenters. The van der Waals surface area contributed by atoms with Crippen molar-refractivity contribution in [3.63, 3.8) is 0 Å². The van der Waals surface area contributed by atoms with Crippen LogP contribution in [0.4, 0.5) is 11.4 Å². The number of rotatable bonds is 3. The molecular weight excluding hydrogens is 222 g/mol. The third kappa shape index (κ3) is 2.54. The molecule has 2 rings (SSSR count). The summed E-state index contributed by atoms with van der Waals surface area (Å²) in [5.74, 6) is 0.677. The van der Waals surface area contributed by atoms with E-state index in [-0.39, 0.29) is 5.69 Å². The van der Waals surface area contributed by atoms with E-state index in [0.717, 1.165) is 0 Å². The Hall–Kier alpha value is -2.50. The molecule has 0 saturated carbocycles. The van der Waals surface area contributed by atoms with Gasteiger partial charge in [0.1, 0.15) is 11.4 Å². The number of methoxy groups -OCH3 is 1. The van der Waals surface area contributed by atoms with Crippen LogP contribution in [0.15, 0.2) is 40.1 Å². The van der Waals surface area contributed by atoms with E-state index in [4.69, 9.17) is 4.74 Å². The van der Waals surface area contributed by atoms with Crippen LogP contribution in [0.2, 0.25) is 0 Å². The summed E-state index contributed by atoms with van der Waals surface area (Å²) in [5.41, 5.74) is -0.0532. The molecule has 88 valence electrons. The van der Waals surface area contributed by atoms with Gasteiger partial charge in [-0.2, -0.15) is 0 Å². The number of ether oxygens (including phenoxy) is 1. The van der Waals surface area contributed by atoms with Gasteiger partial charge in [-0.1, -0.05) is 6.07 Å². The lowest BCUT2D eigenvalue weighted by Gasteiger charge is -2.06. The van der Waals surface area contributed by atoms with E-state index < -0.39 is 11.2 Å². The van der Waals surface area contributed by atoms with Crippen molar-refractivity contribution < 1.29 is 4.74 Å². The highest BCUT2D eigenvalue weighted by atomic mass is 16.5. The molecule has 6 heteroatoms. The Labute approximate surface area is 96.3 Å². The zero-order valence-electron chi connectivity index (χ0n) is 9.11. The molecule has 2 aromatic rings. The van der Waals surface area contributed by atoms with Crippen molar-refractivity contribution in [1.29, 1.82) is 0 Å². The fourth-order valence-electron chi connectivity index (χ4n) is 1.36. The first-order valence-corrected chi connectivity index (χ1v) is 4.92. The standard InChI is InChI=1S/C11H11N3O3/c1-17-8-4-2-3-7(5-8)13-9-6-12-11(16)14-10(9)15/h2-6,13H,1H3,(H2,12,14,15,16). The summed E-state index contributed by atoms with van der Waals surface area (Å²) < 4.78 is 5.06. The van der Waals surface area contributed by atoms with E-state index in [2.05, 4.69) is 15.3 Å². The molecule has 6 nitrogen and oxygen atoms in total. The number of hydrogen-bond donors (Lipinski definition) is 3. The summed E-state index contributed by atoms with van der Waals surface area (Å²) in [4.78, 5) is 26.8. The van der Waals surface area contributed by atoms with Crippen LogP contribution >= 0.6 is 0 Å². The van der Waals surface area contributed by atoms with Gasteiger partial charge in [-0.25, -0.2) is 4.79 Å². The third-order valence-electron chi connectivity index (χ3n) is 2.17. The second kappa shape index (κ2) is 4.56. The van der Waals surface area contributed by atoms with Gasteiger partial charge in [0, 0.05) is 18.0 Å². The van der Waals surface area contributed by atoms with E-state index in [0.29, 0.717) is 11.4 Å². The summed E-state index contributed by atoms with van der Waals surface area (Å²) >= 11 is 0. The van der Waals surface area contributed by atoms with Crippen LogP contribution in [0.1, 0.15) is 0 Å². The zero-order chi connectivity index (χ0) is 12.3. The Bertz CT molecular complexity index is 630. The molecule has 3 N–H and O–H groups in total. The number of hydrogen-bond acceptors (Lipinski definition) is 4. The molecule has 1 heterocycles. The van der Waals surface area contributed by atoms with Gasteiger partial charge < -0.3 is 15.0 Å². The Kier molecular flexibility index (Phi) is 2.95. The van der Waals surface area contributed by atoms with E-state index in [9.17, 15) is 9.59 Å². The van der Waals surface area contributed by atoms with Gasteiger partial charge in [0.2, 0.25) is 0 Å². The third-order valence-corrected chi connectivity index (χ3v) is 2.17. The highest BCUT2D eigenvalue weighted by Crippen LogP contribution is 2.18. The molecule has 0 aliphatic carbocycles. The van der Waals surface area contributed by atoms with Crippen molar-refractivity contribution >= 4 is 11.4 Å². The zero-order valence-corrected chi connectivity index (χ0v) is 9.11. The van der Waals surface area contributed by atoms with Crippen LogP contribution in [-0.4, -0.2) is 17.1 Å². The molecule has 0 radical (unpaired) electrons. The molecule has 0 aliphatic rings. The maximum Gasteiger partial charge on any atom is 0.325 e. The van der Waals surface area contributed by atoms with Crippen molar-refractivity contribution in [3.8, 4) is 5.75 Å². The van der Waals surface area contributed by atoms with E-state index in [1.807, 2.05) is 0 Å². The number of aromatic nitrogens is 2. The Morgan fingerprint density at radius 1 is 1.29 bits per heavy atom. The van der Waals surface area contributed by atoms with Crippen LogP contribution in [0.3, 0.4) is 0 Å². The molecular formula is C11H11N3O3. The highest BCUT2D eigenvalue weighted by Gasteiger charge is 2.01. The predicted octanol–water partition coefficient (Wildman–Crippen LogP) is 0.815. The normalized spacial score (nSPS) is 9.94. The van der Waals surface area contributed by atoms with Gasteiger partial charge in [0.05, 0.1) is 7.11 Å². The number of anilines is 2. The van der Waals surface area contributed by atoms with Crippen LogP contribution < -0.4 is 21.3 Å². The van der Waals surface area contributed by atoms with Gasteiger partial charge in [0.25, 0.3) is 5.56 Å². The lowest BCUT2D eigenvalue weighted by Crippen LogP contribution is -2.23. The van der Waals surface area contributed by atoms with E-state index >= 15 is 0 Å². The minimum atomic E-state index is -0.536. The molecule has 1 aromatic carbocycles. The van der Waals surface area contributed by atoms with Gasteiger partial charge in [-0.15, -0.1) is 0 Å². The quantitative estimate of drug-likeness (QED) is 0.732. The summed E-state index contributed by atoms with van der Waals surface area (Å²) in [7, 11) is 1.56. The van der Waals surface area contributed by atoms with Crippen molar-refractivity contribution in [2.75, 3.05) is 12.4 Å². The number of benzene rings is 1. The molecule has 0 amide bonds. The fraction of sp³-hybridized carbons (Fsp3) is 0.0909. The molecule has 1 aromatic heterocycles. The van der Waals surface area contributed by atoms with Crippen molar-refractivity contribution in [2.45, 2.75) is 0 Å². The number of H-pyrrole nitrogens is 2. The molecule has 17 heavy (non-hydrogen) atoms. The van der Waals surface area contributed by atoms with Crippen LogP contribution in [-0.2, 0) is 0 Å². The van der Waals surface area contributed by atoms with Gasteiger partial charge in [-0.3, -0.25) is 9.78 Å². The average Bonchev–Trinajstić information content (AvgIpc) is 2.33. The first-order chi connectivity index (χ1) is 8.19. The number of nitrogens with one attached hydrogen (secondary N) is 3. The van der Waals surface area contributed by atoms with Crippen molar-refractivity contribution in [2.24, 2.45) is 0 Å². The summed E-state index contributed by atoms with van der Waals surface area (Å²) in [5, 5.41) is 2.88. The van der Waals surface area contributed by atoms with Crippen LogP contribution in [0, 0.1) is 0 Å². The predicted molar refractivity (Wildman–Crippen MR) is 64.0 cm³/mol. The Morgan fingerprint density at radius 2 is 2.12 bits per heavy atom. The summed E-state index contributed by atoms with van der Waals surface area (Å²) in [6, 6.07) is 7.11. The largest absolute Gasteiger partial charge is 0.497 e. The molecule has 0 unspecified atom stereocenters. The SMILES string of the molecule is COc1cccc(Nc2c[nH]c(=O)[nH]c2=O)c1. The maximum absolute atomic E-state index is 11.4. The first kappa shape index (κ1) is 11.0. The molecule has 0 fully saturated rings. The lowest BCUT2D eigenvalue weighted by molar-refractivity contribution is 0.415. The average molecular weight is 233 g/mol. The lowest BCUT2D eigenvalue weighted by atomic mass is 10.3. The second-order valence-corrected chi connectivity index (χ2v) is 3.34. The van der Waals surface area contributed by atoms with Crippen LogP contribution in [0.25, 0.3) is 0 Å². The van der Waals surface area contributed by atoms with Crippen LogP contribution in [0.5, 0.6) is 5.75 Å². The van der Waals surface area contributed by atoms with Crippen molar-refractivity contribution in [1.82, 2.24) is 9.97 Å². The Morgan fingerprint density at radius 3 is 2.82 bits per heavy atom. The highest BCUT2D eigenvalue weighted by molar-refractivity contribution is 5.59. The van der Waals surface area contributed by atoms with E-state index in [1.165, 1.54) is 6.20 Å². The molecule has 0 aliphatic heterocycles. The van der Waals surface area contributed by atoms with Gasteiger partial charge >= 0.3 is 5.69 Å². The topological polar surface area (TPSA) is 87.0 Å². The van der Waals surface area contributed by atoms with Gasteiger partial charge in [0.15, 0.2) is 0 Å². The van der Waals surface area contributed by atoms with Gasteiger partial charge in [-0.05, 0) is 12.1 Å². The molecule has 0 bridgehead atoms. The summed E-state index contributed by atoms with van der Waals surface area (Å²) in [6.45, 7) is 0. The molecule has 0 saturated heterocycles. The fourth-order valence-corrected chi connectivity index (χ4v) is 1.36. The smallest absolute Gasteiger partial charge is 0.325 e. The summed E-state index contributed by atoms with van der Waals surface area (Å²) in [6.07, 6.45) is 1.32. The monoisotopic (exact) mass is 233 g/mol. The second-order valence-electron chi connectivity index (χ2n) is 3.34. The number of aromatic amines is 2. The minimum Gasteiger partial charge on any atom is -0.497 e. The minimum absolute atomic E-state index is 0.262.